The van der Waals surface area contributed by atoms with Crippen molar-refractivity contribution in [3.05, 3.63) is 0 Å². The number of piperidine rings is 1. The average Bonchev–Trinajstić information content (AvgIpc) is 2.52. The standard InChI is InChI=1S/C12H22N2O4S/c1-12(4-6-19(17,18)9-12)13-11(16)8-14-5-2-3-10(15)7-14/h10,15H,2-9H2,1H3,(H,13,16). The molecule has 2 atom stereocenters. The lowest BCUT2D eigenvalue weighted by molar-refractivity contribution is -0.124. The number of hydrogen-bond donors (Lipinski definition) is 2. The molecule has 2 heterocycles. The second kappa shape index (κ2) is 5.38. The van der Waals surface area contributed by atoms with Crippen LogP contribution in [0, 0.1) is 0 Å². The number of amides is 1. The SMILES string of the molecule is CC1(NC(=O)CN2CCCC(O)C2)CCS(=O)(=O)C1. The Balaban J connectivity index is 1.84. The summed E-state index contributed by atoms with van der Waals surface area (Å²) in [7, 11) is -3.01. The predicted octanol–water partition coefficient (Wildman–Crippen LogP) is -0.863. The normalized spacial score (nSPS) is 35.2. The number of carbonyl (C=O) groups is 1. The molecule has 2 saturated heterocycles. The van der Waals surface area contributed by atoms with Crippen LogP contribution >= 0.6 is 0 Å². The van der Waals surface area contributed by atoms with Crippen LogP contribution in [-0.2, 0) is 14.6 Å². The number of aliphatic hydroxyl groups excluding tert-OH is 1. The molecule has 0 aromatic rings. The van der Waals surface area contributed by atoms with Crippen molar-refractivity contribution >= 4 is 15.7 Å². The minimum Gasteiger partial charge on any atom is -0.392 e. The van der Waals surface area contributed by atoms with Crippen LogP contribution in [0.3, 0.4) is 0 Å². The molecule has 110 valence electrons. The summed E-state index contributed by atoms with van der Waals surface area (Å²) in [5.41, 5.74) is -0.635. The fourth-order valence-corrected chi connectivity index (χ4v) is 4.96. The summed E-state index contributed by atoms with van der Waals surface area (Å²) in [6.45, 7) is 3.33. The van der Waals surface area contributed by atoms with E-state index in [0.29, 0.717) is 13.0 Å². The molecule has 0 aliphatic carbocycles. The summed E-state index contributed by atoms with van der Waals surface area (Å²) >= 11 is 0. The molecule has 0 bridgehead atoms. The smallest absolute Gasteiger partial charge is 0.234 e. The quantitative estimate of drug-likeness (QED) is 0.706. The number of likely N-dealkylation sites (tertiary alicyclic amines) is 1. The fraction of sp³-hybridized carbons (Fsp3) is 0.917. The lowest BCUT2D eigenvalue weighted by atomic mass is 10.0. The van der Waals surface area contributed by atoms with E-state index in [1.165, 1.54) is 0 Å². The second-order valence-electron chi connectivity index (χ2n) is 5.98. The molecule has 19 heavy (non-hydrogen) atoms. The van der Waals surface area contributed by atoms with Gasteiger partial charge in [-0.2, -0.15) is 0 Å². The summed E-state index contributed by atoms with van der Waals surface area (Å²) in [4.78, 5) is 13.9. The second-order valence-corrected chi connectivity index (χ2v) is 8.17. The summed E-state index contributed by atoms with van der Waals surface area (Å²) in [5, 5.41) is 12.4. The minimum atomic E-state index is -3.01. The molecule has 0 aromatic heterocycles. The summed E-state index contributed by atoms with van der Waals surface area (Å²) in [6.07, 6.45) is 1.79. The molecule has 2 aliphatic heterocycles. The molecule has 0 saturated carbocycles. The Hall–Kier alpha value is -0.660. The zero-order valence-electron chi connectivity index (χ0n) is 11.3. The first-order chi connectivity index (χ1) is 8.78. The van der Waals surface area contributed by atoms with Gasteiger partial charge in [-0.3, -0.25) is 9.69 Å². The minimum absolute atomic E-state index is 0.0222. The van der Waals surface area contributed by atoms with Crippen LogP contribution in [0.25, 0.3) is 0 Å². The number of rotatable bonds is 3. The maximum Gasteiger partial charge on any atom is 0.234 e. The Morgan fingerprint density at radius 2 is 2.26 bits per heavy atom. The molecular weight excluding hydrogens is 268 g/mol. The third kappa shape index (κ3) is 4.15. The number of hydrogen-bond acceptors (Lipinski definition) is 5. The van der Waals surface area contributed by atoms with Gasteiger partial charge in [0, 0.05) is 6.54 Å². The highest BCUT2D eigenvalue weighted by atomic mass is 32.2. The van der Waals surface area contributed by atoms with E-state index in [1.54, 1.807) is 6.92 Å². The van der Waals surface area contributed by atoms with E-state index in [2.05, 4.69) is 5.32 Å². The Kier molecular flexibility index (Phi) is 4.17. The highest BCUT2D eigenvalue weighted by Crippen LogP contribution is 2.22. The zero-order chi connectivity index (χ0) is 14.1. The number of aliphatic hydroxyl groups is 1. The Labute approximate surface area is 114 Å². The van der Waals surface area contributed by atoms with Gasteiger partial charge < -0.3 is 10.4 Å². The van der Waals surface area contributed by atoms with Gasteiger partial charge in [0.25, 0.3) is 0 Å². The van der Waals surface area contributed by atoms with Crippen LogP contribution in [0.4, 0.5) is 0 Å². The molecule has 0 spiro atoms. The average molecular weight is 290 g/mol. The number of nitrogens with one attached hydrogen (secondary N) is 1. The number of carbonyl (C=O) groups excluding carboxylic acids is 1. The van der Waals surface area contributed by atoms with Gasteiger partial charge in [0.1, 0.15) is 0 Å². The van der Waals surface area contributed by atoms with E-state index in [9.17, 15) is 18.3 Å². The Morgan fingerprint density at radius 1 is 1.53 bits per heavy atom. The van der Waals surface area contributed by atoms with E-state index < -0.39 is 15.4 Å². The van der Waals surface area contributed by atoms with Crippen LogP contribution in [0.1, 0.15) is 26.2 Å². The summed E-state index contributed by atoms with van der Waals surface area (Å²) in [5.74, 6) is 0.00862. The van der Waals surface area contributed by atoms with Crippen molar-refractivity contribution in [2.45, 2.75) is 37.8 Å². The molecular formula is C12H22N2O4S. The lowest BCUT2D eigenvalue weighted by Crippen LogP contribution is -2.51. The van der Waals surface area contributed by atoms with E-state index in [-0.39, 0.29) is 30.1 Å². The van der Waals surface area contributed by atoms with E-state index in [1.807, 2.05) is 4.90 Å². The van der Waals surface area contributed by atoms with Gasteiger partial charge in [-0.05, 0) is 32.7 Å². The lowest BCUT2D eigenvalue weighted by Gasteiger charge is -2.31. The van der Waals surface area contributed by atoms with Gasteiger partial charge in [0.15, 0.2) is 9.84 Å². The molecule has 2 N–H and O–H groups in total. The van der Waals surface area contributed by atoms with Crippen molar-refractivity contribution in [3.63, 3.8) is 0 Å². The maximum absolute atomic E-state index is 12.0. The van der Waals surface area contributed by atoms with Gasteiger partial charge >= 0.3 is 0 Å². The van der Waals surface area contributed by atoms with Gasteiger partial charge in [0.2, 0.25) is 5.91 Å². The van der Waals surface area contributed by atoms with Crippen molar-refractivity contribution < 1.29 is 18.3 Å². The summed E-state index contributed by atoms with van der Waals surface area (Å²) < 4.78 is 22.9. The van der Waals surface area contributed by atoms with Crippen LogP contribution in [0.15, 0.2) is 0 Å². The molecule has 2 unspecified atom stereocenters. The summed E-state index contributed by atoms with van der Waals surface area (Å²) in [6, 6.07) is 0. The molecule has 2 fully saturated rings. The van der Waals surface area contributed by atoms with Gasteiger partial charge in [0.05, 0.1) is 29.7 Å². The molecule has 0 aromatic carbocycles. The first kappa shape index (κ1) is 14.7. The first-order valence-corrected chi connectivity index (χ1v) is 8.52. The third-order valence-corrected chi connectivity index (χ3v) is 5.70. The monoisotopic (exact) mass is 290 g/mol. The number of sulfone groups is 1. The van der Waals surface area contributed by atoms with Crippen molar-refractivity contribution in [2.75, 3.05) is 31.1 Å². The third-order valence-electron chi connectivity index (χ3n) is 3.79. The molecule has 1 amide bonds. The van der Waals surface area contributed by atoms with Crippen LogP contribution in [-0.4, -0.2) is 67.1 Å². The Morgan fingerprint density at radius 3 is 2.84 bits per heavy atom. The Bertz CT molecular complexity index is 451. The van der Waals surface area contributed by atoms with Crippen molar-refractivity contribution in [3.8, 4) is 0 Å². The first-order valence-electron chi connectivity index (χ1n) is 6.70. The predicted molar refractivity (Wildman–Crippen MR) is 71.5 cm³/mol. The fourth-order valence-electron chi connectivity index (χ4n) is 2.86. The van der Waals surface area contributed by atoms with Crippen LogP contribution in [0.5, 0.6) is 0 Å². The highest BCUT2D eigenvalue weighted by Gasteiger charge is 2.39. The van der Waals surface area contributed by atoms with Gasteiger partial charge in [-0.25, -0.2) is 8.42 Å². The topological polar surface area (TPSA) is 86.7 Å². The van der Waals surface area contributed by atoms with Crippen LogP contribution in [0.2, 0.25) is 0 Å². The van der Waals surface area contributed by atoms with E-state index >= 15 is 0 Å². The maximum atomic E-state index is 12.0. The molecule has 2 rings (SSSR count). The van der Waals surface area contributed by atoms with E-state index in [4.69, 9.17) is 0 Å². The number of nitrogens with zero attached hydrogens (tertiary/aromatic N) is 1. The van der Waals surface area contributed by atoms with Crippen molar-refractivity contribution in [1.29, 1.82) is 0 Å². The molecule has 6 nitrogen and oxygen atoms in total. The van der Waals surface area contributed by atoms with E-state index in [0.717, 1.165) is 19.4 Å². The van der Waals surface area contributed by atoms with Crippen LogP contribution < -0.4 is 5.32 Å². The zero-order valence-corrected chi connectivity index (χ0v) is 12.1. The molecule has 7 heteroatoms. The molecule has 0 radical (unpaired) electrons. The van der Waals surface area contributed by atoms with Gasteiger partial charge in [-0.1, -0.05) is 0 Å². The van der Waals surface area contributed by atoms with Crippen molar-refractivity contribution in [2.24, 2.45) is 0 Å². The van der Waals surface area contributed by atoms with Gasteiger partial charge in [-0.15, -0.1) is 0 Å². The molecule has 2 aliphatic rings. The highest BCUT2D eigenvalue weighted by molar-refractivity contribution is 7.91. The number of β-amino-alcohol motifs (C(OH)–C–C–N with tert-alkyl or cyclic N) is 1. The largest absolute Gasteiger partial charge is 0.392 e. The van der Waals surface area contributed by atoms with Crippen molar-refractivity contribution in [1.82, 2.24) is 10.2 Å².